The molecule has 1 heterocycles. The fourth-order valence-electron chi connectivity index (χ4n) is 2.61. The maximum atomic E-state index is 5.88. The fraction of sp³-hybridized carbons (Fsp3) is 0.600. The Morgan fingerprint density at radius 2 is 1.94 bits per heavy atom. The average Bonchev–Trinajstić information content (AvgIpc) is 2.39. The zero-order chi connectivity index (χ0) is 13.1. The van der Waals surface area contributed by atoms with Gasteiger partial charge in [0.05, 0.1) is 0 Å². The van der Waals surface area contributed by atoms with Gasteiger partial charge in [0, 0.05) is 37.4 Å². The Kier molecular flexibility index (Phi) is 4.25. The van der Waals surface area contributed by atoms with Crippen LogP contribution in [0.4, 0.5) is 5.69 Å². The standard InChI is InChI=1S/C15H25N3/c1-4-14-11-18(10-9-17(14)3)15-7-5-13(6-8-15)12(2)16/h5-8,12,14H,4,9-11,16H2,1-3H3/t12-,14?/m0/s1. The molecule has 1 aromatic rings. The van der Waals surface area contributed by atoms with Crippen molar-refractivity contribution in [2.24, 2.45) is 5.73 Å². The summed E-state index contributed by atoms with van der Waals surface area (Å²) in [6.07, 6.45) is 1.21. The molecular weight excluding hydrogens is 222 g/mol. The summed E-state index contributed by atoms with van der Waals surface area (Å²) < 4.78 is 0. The molecule has 1 unspecified atom stereocenters. The largest absolute Gasteiger partial charge is 0.369 e. The van der Waals surface area contributed by atoms with E-state index in [4.69, 9.17) is 5.73 Å². The van der Waals surface area contributed by atoms with Crippen LogP contribution in [0, 0.1) is 0 Å². The summed E-state index contributed by atoms with van der Waals surface area (Å²) in [5.74, 6) is 0. The highest BCUT2D eigenvalue weighted by Gasteiger charge is 2.22. The van der Waals surface area contributed by atoms with Crippen LogP contribution in [-0.2, 0) is 0 Å². The lowest BCUT2D eigenvalue weighted by Gasteiger charge is -2.40. The Hall–Kier alpha value is -1.06. The summed E-state index contributed by atoms with van der Waals surface area (Å²) in [5, 5.41) is 0. The summed E-state index contributed by atoms with van der Waals surface area (Å²) in [6, 6.07) is 9.51. The molecule has 0 radical (unpaired) electrons. The summed E-state index contributed by atoms with van der Waals surface area (Å²) in [4.78, 5) is 4.95. The minimum atomic E-state index is 0.120. The van der Waals surface area contributed by atoms with E-state index in [0.29, 0.717) is 6.04 Å². The van der Waals surface area contributed by atoms with Gasteiger partial charge >= 0.3 is 0 Å². The van der Waals surface area contributed by atoms with Crippen LogP contribution in [0.15, 0.2) is 24.3 Å². The molecule has 2 N–H and O–H groups in total. The molecule has 3 heteroatoms. The number of piperazine rings is 1. The van der Waals surface area contributed by atoms with Crippen molar-refractivity contribution < 1.29 is 0 Å². The maximum Gasteiger partial charge on any atom is 0.0367 e. The molecule has 0 aliphatic carbocycles. The maximum absolute atomic E-state index is 5.88. The molecule has 1 aliphatic rings. The molecule has 0 saturated carbocycles. The van der Waals surface area contributed by atoms with Crippen LogP contribution in [0.1, 0.15) is 31.9 Å². The summed E-state index contributed by atoms with van der Waals surface area (Å²) in [6.45, 7) is 7.68. The average molecular weight is 247 g/mol. The number of likely N-dealkylation sites (N-methyl/N-ethyl adjacent to an activating group) is 1. The predicted molar refractivity (Wildman–Crippen MR) is 78.0 cm³/mol. The van der Waals surface area contributed by atoms with E-state index in [9.17, 15) is 0 Å². The van der Waals surface area contributed by atoms with Crippen molar-refractivity contribution in [3.63, 3.8) is 0 Å². The normalized spacial score (nSPS) is 23.1. The number of anilines is 1. The van der Waals surface area contributed by atoms with Crippen molar-refractivity contribution in [1.82, 2.24) is 4.90 Å². The minimum Gasteiger partial charge on any atom is -0.369 e. The summed E-state index contributed by atoms with van der Waals surface area (Å²) in [5.41, 5.74) is 8.42. The Labute approximate surface area is 111 Å². The van der Waals surface area contributed by atoms with E-state index >= 15 is 0 Å². The second-order valence-corrected chi connectivity index (χ2v) is 5.37. The first-order valence-electron chi connectivity index (χ1n) is 6.92. The molecule has 0 amide bonds. The Bertz CT molecular complexity index is 372. The molecule has 0 spiro atoms. The molecule has 0 aromatic heterocycles. The van der Waals surface area contributed by atoms with E-state index < -0.39 is 0 Å². The first kappa shape index (κ1) is 13.4. The van der Waals surface area contributed by atoms with Gasteiger partial charge in [0.2, 0.25) is 0 Å². The monoisotopic (exact) mass is 247 g/mol. The lowest BCUT2D eigenvalue weighted by atomic mass is 10.1. The highest BCUT2D eigenvalue weighted by atomic mass is 15.3. The van der Waals surface area contributed by atoms with Crippen molar-refractivity contribution in [3.05, 3.63) is 29.8 Å². The van der Waals surface area contributed by atoms with Crippen LogP contribution in [-0.4, -0.2) is 37.6 Å². The quantitative estimate of drug-likeness (QED) is 0.889. The van der Waals surface area contributed by atoms with Crippen LogP contribution in [0.5, 0.6) is 0 Å². The van der Waals surface area contributed by atoms with Crippen LogP contribution < -0.4 is 10.6 Å². The van der Waals surface area contributed by atoms with Gasteiger partial charge in [-0.2, -0.15) is 0 Å². The highest BCUT2D eigenvalue weighted by molar-refractivity contribution is 5.48. The third kappa shape index (κ3) is 2.85. The Balaban J connectivity index is 2.07. The van der Waals surface area contributed by atoms with Gasteiger partial charge in [-0.1, -0.05) is 19.1 Å². The molecule has 0 bridgehead atoms. The van der Waals surface area contributed by atoms with Crippen molar-refractivity contribution >= 4 is 5.69 Å². The lowest BCUT2D eigenvalue weighted by Crippen LogP contribution is -2.51. The van der Waals surface area contributed by atoms with Gasteiger partial charge in [-0.3, -0.25) is 4.90 Å². The number of rotatable bonds is 3. The van der Waals surface area contributed by atoms with Gasteiger partial charge in [0.15, 0.2) is 0 Å². The molecule has 100 valence electrons. The second-order valence-electron chi connectivity index (χ2n) is 5.37. The van der Waals surface area contributed by atoms with Crippen molar-refractivity contribution in [3.8, 4) is 0 Å². The molecule has 1 aromatic carbocycles. The van der Waals surface area contributed by atoms with Crippen LogP contribution >= 0.6 is 0 Å². The van der Waals surface area contributed by atoms with Crippen molar-refractivity contribution in [2.75, 3.05) is 31.6 Å². The number of nitrogens with zero attached hydrogens (tertiary/aromatic N) is 2. The zero-order valence-corrected chi connectivity index (χ0v) is 11.8. The summed E-state index contributed by atoms with van der Waals surface area (Å²) >= 11 is 0. The number of nitrogens with two attached hydrogens (primary N) is 1. The van der Waals surface area contributed by atoms with Crippen LogP contribution in [0.3, 0.4) is 0 Å². The van der Waals surface area contributed by atoms with Gasteiger partial charge in [-0.05, 0) is 38.1 Å². The van der Waals surface area contributed by atoms with Crippen molar-refractivity contribution in [2.45, 2.75) is 32.4 Å². The first-order chi connectivity index (χ1) is 8.61. The van der Waals surface area contributed by atoms with Gasteiger partial charge in [0.1, 0.15) is 0 Å². The smallest absolute Gasteiger partial charge is 0.0367 e. The Morgan fingerprint density at radius 3 is 2.50 bits per heavy atom. The Morgan fingerprint density at radius 1 is 1.28 bits per heavy atom. The van der Waals surface area contributed by atoms with E-state index in [1.165, 1.54) is 17.7 Å². The minimum absolute atomic E-state index is 0.120. The van der Waals surface area contributed by atoms with Gasteiger partial charge in [0.25, 0.3) is 0 Å². The molecule has 18 heavy (non-hydrogen) atoms. The molecule has 2 rings (SSSR count). The number of hydrogen-bond acceptors (Lipinski definition) is 3. The second kappa shape index (κ2) is 5.72. The molecule has 2 atom stereocenters. The predicted octanol–water partition coefficient (Wildman–Crippen LogP) is 2.24. The van der Waals surface area contributed by atoms with Gasteiger partial charge in [-0.15, -0.1) is 0 Å². The van der Waals surface area contributed by atoms with Crippen LogP contribution in [0.25, 0.3) is 0 Å². The molecule has 1 fully saturated rings. The van der Waals surface area contributed by atoms with E-state index in [1.54, 1.807) is 0 Å². The molecule has 1 aliphatic heterocycles. The molecule has 3 nitrogen and oxygen atoms in total. The lowest BCUT2D eigenvalue weighted by molar-refractivity contribution is 0.213. The first-order valence-corrected chi connectivity index (χ1v) is 6.92. The fourth-order valence-corrected chi connectivity index (χ4v) is 2.61. The van der Waals surface area contributed by atoms with Crippen molar-refractivity contribution in [1.29, 1.82) is 0 Å². The van der Waals surface area contributed by atoms with Gasteiger partial charge < -0.3 is 10.6 Å². The zero-order valence-electron chi connectivity index (χ0n) is 11.8. The molecule has 1 saturated heterocycles. The number of hydrogen-bond donors (Lipinski definition) is 1. The number of benzene rings is 1. The topological polar surface area (TPSA) is 32.5 Å². The van der Waals surface area contributed by atoms with E-state index in [2.05, 4.69) is 48.0 Å². The van der Waals surface area contributed by atoms with E-state index in [-0.39, 0.29) is 6.04 Å². The van der Waals surface area contributed by atoms with E-state index in [1.807, 2.05) is 6.92 Å². The van der Waals surface area contributed by atoms with Crippen LogP contribution in [0.2, 0.25) is 0 Å². The van der Waals surface area contributed by atoms with E-state index in [0.717, 1.165) is 19.6 Å². The SMILES string of the molecule is CCC1CN(c2ccc([C@H](C)N)cc2)CCN1C. The summed E-state index contributed by atoms with van der Waals surface area (Å²) in [7, 11) is 2.23. The third-order valence-corrected chi connectivity index (χ3v) is 4.03. The van der Waals surface area contributed by atoms with Gasteiger partial charge in [-0.25, -0.2) is 0 Å². The molecular formula is C15H25N3. The third-order valence-electron chi connectivity index (χ3n) is 4.03. The highest BCUT2D eigenvalue weighted by Crippen LogP contribution is 2.21.